The maximum atomic E-state index is 14.0. The molecule has 0 aromatic heterocycles. The zero-order valence-electron chi connectivity index (χ0n) is 11.5. The molecule has 2 nitrogen and oxygen atoms in total. The molecule has 0 aliphatic carbocycles. The van der Waals surface area contributed by atoms with E-state index in [1.165, 1.54) is 6.07 Å². The molecular formula is C16H17BrFNO. The highest BCUT2D eigenvalue weighted by Crippen LogP contribution is 2.25. The average Bonchev–Trinajstić information content (AvgIpc) is 2.45. The molecule has 0 spiro atoms. The largest absolute Gasteiger partial charge is 0.497 e. The minimum absolute atomic E-state index is 0.0739. The van der Waals surface area contributed by atoms with Crippen molar-refractivity contribution in [2.24, 2.45) is 0 Å². The third-order valence-corrected chi connectivity index (χ3v) is 3.75. The number of nitrogens with one attached hydrogen (secondary N) is 1. The zero-order valence-corrected chi connectivity index (χ0v) is 13.1. The standard InChI is InChI=1S/C16H17BrFNO/c1-19-16(14-7-6-12(17)10-15(14)18)9-11-4-3-5-13(8-11)20-2/h3-8,10,16,19H,9H2,1-2H3. The van der Waals surface area contributed by atoms with Crippen LogP contribution in [-0.4, -0.2) is 14.2 Å². The van der Waals surface area contributed by atoms with Crippen LogP contribution >= 0.6 is 15.9 Å². The van der Waals surface area contributed by atoms with Gasteiger partial charge in [0.25, 0.3) is 0 Å². The normalized spacial score (nSPS) is 12.2. The lowest BCUT2D eigenvalue weighted by Crippen LogP contribution is -2.20. The predicted molar refractivity (Wildman–Crippen MR) is 82.6 cm³/mol. The van der Waals surface area contributed by atoms with Gasteiger partial charge in [0.05, 0.1) is 7.11 Å². The molecule has 106 valence electrons. The molecule has 0 aliphatic heterocycles. The van der Waals surface area contributed by atoms with Gasteiger partial charge in [0.1, 0.15) is 11.6 Å². The maximum absolute atomic E-state index is 14.0. The molecule has 0 bridgehead atoms. The Balaban J connectivity index is 2.23. The van der Waals surface area contributed by atoms with Crippen LogP contribution < -0.4 is 10.1 Å². The van der Waals surface area contributed by atoms with Crippen LogP contribution in [0.2, 0.25) is 0 Å². The topological polar surface area (TPSA) is 21.3 Å². The highest BCUT2D eigenvalue weighted by molar-refractivity contribution is 9.10. The van der Waals surface area contributed by atoms with Gasteiger partial charge in [0.15, 0.2) is 0 Å². The fraction of sp³-hybridized carbons (Fsp3) is 0.250. The van der Waals surface area contributed by atoms with E-state index in [0.717, 1.165) is 15.8 Å². The van der Waals surface area contributed by atoms with E-state index in [4.69, 9.17) is 4.74 Å². The van der Waals surface area contributed by atoms with E-state index in [-0.39, 0.29) is 11.9 Å². The molecular weight excluding hydrogens is 321 g/mol. The number of benzene rings is 2. The van der Waals surface area contributed by atoms with E-state index >= 15 is 0 Å². The summed E-state index contributed by atoms with van der Waals surface area (Å²) in [4.78, 5) is 0. The van der Waals surface area contributed by atoms with Crippen LogP contribution in [0.5, 0.6) is 5.75 Å². The lowest BCUT2D eigenvalue weighted by molar-refractivity contribution is 0.414. The minimum atomic E-state index is -0.207. The summed E-state index contributed by atoms with van der Waals surface area (Å²) in [6, 6.07) is 12.9. The highest BCUT2D eigenvalue weighted by Gasteiger charge is 2.15. The predicted octanol–water partition coefficient (Wildman–Crippen LogP) is 4.10. The first kappa shape index (κ1) is 15.0. The molecule has 0 saturated carbocycles. The van der Waals surface area contributed by atoms with E-state index in [1.807, 2.05) is 37.4 Å². The second-order valence-electron chi connectivity index (χ2n) is 4.56. The zero-order chi connectivity index (χ0) is 14.5. The van der Waals surface area contributed by atoms with Crippen LogP contribution in [0.3, 0.4) is 0 Å². The smallest absolute Gasteiger partial charge is 0.129 e. The summed E-state index contributed by atoms with van der Waals surface area (Å²) in [6.07, 6.45) is 0.701. The molecule has 4 heteroatoms. The van der Waals surface area contributed by atoms with E-state index in [1.54, 1.807) is 13.2 Å². The number of rotatable bonds is 5. The van der Waals surface area contributed by atoms with Crippen LogP contribution in [0.1, 0.15) is 17.2 Å². The van der Waals surface area contributed by atoms with Gasteiger partial charge in [0, 0.05) is 16.1 Å². The molecule has 1 atom stereocenters. The molecule has 0 fully saturated rings. The summed E-state index contributed by atoms with van der Waals surface area (Å²) in [5.41, 5.74) is 1.77. The lowest BCUT2D eigenvalue weighted by atomic mass is 9.98. The summed E-state index contributed by atoms with van der Waals surface area (Å²) in [5, 5.41) is 3.17. The number of ether oxygens (including phenoxy) is 1. The van der Waals surface area contributed by atoms with Gasteiger partial charge >= 0.3 is 0 Å². The van der Waals surface area contributed by atoms with E-state index < -0.39 is 0 Å². The molecule has 0 amide bonds. The highest BCUT2D eigenvalue weighted by atomic mass is 79.9. The second kappa shape index (κ2) is 6.86. The van der Waals surface area contributed by atoms with Gasteiger partial charge in [-0.2, -0.15) is 0 Å². The van der Waals surface area contributed by atoms with Crippen molar-refractivity contribution < 1.29 is 9.13 Å². The van der Waals surface area contributed by atoms with Crippen molar-refractivity contribution in [1.82, 2.24) is 5.32 Å². The Morgan fingerprint density at radius 2 is 2.05 bits per heavy atom. The molecule has 0 radical (unpaired) electrons. The van der Waals surface area contributed by atoms with Crippen LogP contribution in [0.4, 0.5) is 4.39 Å². The number of hydrogen-bond acceptors (Lipinski definition) is 2. The van der Waals surface area contributed by atoms with Crippen molar-refractivity contribution in [2.75, 3.05) is 14.2 Å². The SMILES string of the molecule is CNC(Cc1cccc(OC)c1)c1ccc(Br)cc1F. The Morgan fingerprint density at radius 1 is 1.25 bits per heavy atom. The third kappa shape index (κ3) is 3.58. The van der Waals surface area contributed by atoms with Gasteiger partial charge in [0.2, 0.25) is 0 Å². The van der Waals surface area contributed by atoms with Gasteiger partial charge in [-0.05, 0) is 43.3 Å². The number of halogens is 2. The quantitative estimate of drug-likeness (QED) is 0.886. The fourth-order valence-corrected chi connectivity index (χ4v) is 2.52. The van der Waals surface area contributed by atoms with Crippen LogP contribution in [0.15, 0.2) is 46.9 Å². The monoisotopic (exact) mass is 337 g/mol. The van der Waals surface area contributed by atoms with E-state index in [9.17, 15) is 4.39 Å². The fourth-order valence-electron chi connectivity index (χ4n) is 2.19. The molecule has 1 unspecified atom stereocenters. The first-order valence-electron chi connectivity index (χ1n) is 6.39. The lowest BCUT2D eigenvalue weighted by Gasteiger charge is -2.18. The summed E-state index contributed by atoms with van der Waals surface area (Å²) >= 11 is 3.28. The third-order valence-electron chi connectivity index (χ3n) is 3.26. The van der Waals surface area contributed by atoms with Crippen LogP contribution in [0, 0.1) is 5.82 Å². The Kier molecular flexibility index (Phi) is 5.15. The van der Waals surface area contributed by atoms with Gasteiger partial charge in [-0.3, -0.25) is 0 Å². The van der Waals surface area contributed by atoms with Crippen LogP contribution in [0.25, 0.3) is 0 Å². The Bertz CT molecular complexity index is 588. The van der Waals surface area contributed by atoms with Crippen molar-refractivity contribution in [2.45, 2.75) is 12.5 Å². The molecule has 2 aromatic carbocycles. The Hall–Kier alpha value is -1.39. The molecule has 0 heterocycles. The number of methoxy groups -OCH3 is 1. The molecule has 0 aliphatic rings. The van der Waals surface area contributed by atoms with E-state index in [2.05, 4.69) is 21.2 Å². The number of hydrogen-bond donors (Lipinski definition) is 1. The van der Waals surface area contributed by atoms with Crippen molar-refractivity contribution in [3.63, 3.8) is 0 Å². The number of likely N-dealkylation sites (N-methyl/N-ethyl adjacent to an activating group) is 1. The van der Waals surface area contributed by atoms with E-state index in [0.29, 0.717) is 12.0 Å². The van der Waals surface area contributed by atoms with Crippen molar-refractivity contribution in [3.8, 4) is 5.75 Å². The summed E-state index contributed by atoms with van der Waals surface area (Å²) in [6.45, 7) is 0. The molecule has 2 rings (SSSR count). The minimum Gasteiger partial charge on any atom is -0.497 e. The van der Waals surface area contributed by atoms with Gasteiger partial charge in [-0.15, -0.1) is 0 Å². The van der Waals surface area contributed by atoms with Crippen molar-refractivity contribution >= 4 is 15.9 Å². The first-order valence-corrected chi connectivity index (χ1v) is 7.18. The summed E-state index contributed by atoms with van der Waals surface area (Å²) < 4.78 is 20.0. The summed E-state index contributed by atoms with van der Waals surface area (Å²) in [7, 11) is 3.48. The molecule has 2 aromatic rings. The Labute approximate surface area is 127 Å². The van der Waals surface area contributed by atoms with Gasteiger partial charge in [-0.1, -0.05) is 34.1 Å². The first-order chi connectivity index (χ1) is 9.63. The van der Waals surface area contributed by atoms with Gasteiger partial charge in [-0.25, -0.2) is 4.39 Å². The average molecular weight is 338 g/mol. The van der Waals surface area contributed by atoms with Crippen molar-refractivity contribution in [1.29, 1.82) is 0 Å². The molecule has 1 N–H and O–H groups in total. The molecule has 20 heavy (non-hydrogen) atoms. The van der Waals surface area contributed by atoms with Crippen LogP contribution in [-0.2, 0) is 6.42 Å². The molecule has 0 saturated heterocycles. The van der Waals surface area contributed by atoms with Gasteiger partial charge < -0.3 is 10.1 Å². The van der Waals surface area contributed by atoms with Crippen molar-refractivity contribution in [3.05, 3.63) is 63.9 Å². The summed E-state index contributed by atoms with van der Waals surface area (Å²) in [5.74, 6) is 0.607. The Morgan fingerprint density at radius 3 is 2.70 bits per heavy atom. The maximum Gasteiger partial charge on any atom is 0.129 e. The second-order valence-corrected chi connectivity index (χ2v) is 5.48.